The van der Waals surface area contributed by atoms with Crippen LogP contribution in [0.15, 0.2) is 18.2 Å². The third kappa shape index (κ3) is 3.33. The van der Waals surface area contributed by atoms with E-state index in [1.165, 1.54) is 20.0 Å². The average molecular weight is 275 g/mol. The van der Waals surface area contributed by atoms with Crippen molar-refractivity contribution in [1.29, 1.82) is 0 Å². The Labute approximate surface area is 108 Å². The van der Waals surface area contributed by atoms with Crippen LogP contribution in [0.1, 0.15) is 6.92 Å². The highest BCUT2D eigenvalue weighted by molar-refractivity contribution is 6.33. The van der Waals surface area contributed by atoms with Gasteiger partial charge in [-0.15, -0.1) is 0 Å². The molecule has 5 nitrogen and oxygen atoms in total. The lowest BCUT2D eigenvalue weighted by atomic mass is 10.3. The average Bonchev–Trinajstić information content (AvgIpc) is 2.31. The number of carboxylic acid groups (broad SMARTS) is 1. The van der Waals surface area contributed by atoms with Crippen molar-refractivity contribution in [3.63, 3.8) is 0 Å². The highest BCUT2D eigenvalue weighted by atomic mass is 35.5. The fourth-order valence-electron chi connectivity index (χ4n) is 1.14. The molecule has 1 aromatic rings. The Morgan fingerprint density at radius 2 is 2.11 bits per heavy atom. The second kappa shape index (κ2) is 5.68. The van der Waals surface area contributed by atoms with Gasteiger partial charge in [-0.05, 0) is 25.1 Å². The fourth-order valence-corrected chi connectivity index (χ4v) is 1.30. The van der Waals surface area contributed by atoms with Crippen LogP contribution < -0.4 is 5.32 Å². The van der Waals surface area contributed by atoms with Crippen molar-refractivity contribution < 1.29 is 19.1 Å². The van der Waals surface area contributed by atoms with E-state index in [1.54, 1.807) is 0 Å². The van der Waals surface area contributed by atoms with Crippen LogP contribution >= 0.6 is 11.6 Å². The molecule has 0 aliphatic rings. The summed E-state index contributed by atoms with van der Waals surface area (Å²) < 4.78 is 13.0. The smallest absolute Gasteiger partial charge is 0.326 e. The molecule has 2 amide bonds. The Morgan fingerprint density at radius 1 is 1.50 bits per heavy atom. The molecule has 98 valence electrons. The quantitative estimate of drug-likeness (QED) is 0.889. The van der Waals surface area contributed by atoms with Gasteiger partial charge in [0.25, 0.3) is 0 Å². The van der Waals surface area contributed by atoms with Gasteiger partial charge in [-0.2, -0.15) is 0 Å². The maximum atomic E-state index is 13.0. The van der Waals surface area contributed by atoms with E-state index in [-0.39, 0.29) is 10.7 Å². The van der Waals surface area contributed by atoms with Crippen LogP contribution in [0.4, 0.5) is 14.9 Å². The number of likely N-dealkylation sites (N-methyl/N-ethyl adjacent to an activating group) is 1. The van der Waals surface area contributed by atoms with Crippen molar-refractivity contribution >= 4 is 29.3 Å². The van der Waals surface area contributed by atoms with Gasteiger partial charge in [-0.3, -0.25) is 0 Å². The first kappa shape index (κ1) is 14.2. The van der Waals surface area contributed by atoms with Gasteiger partial charge in [0.2, 0.25) is 0 Å². The summed E-state index contributed by atoms with van der Waals surface area (Å²) >= 11 is 5.77. The molecule has 7 heteroatoms. The number of urea groups is 1. The predicted octanol–water partition coefficient (Wildman–Crippen LogP) is 2.42. The molecule has 0 heterocycles. The zero-order chi connectivity index (χ0) is 13.9. The lowest BCUT2D eigenvalue weighted by molar-refractivity contribution is -0.141. The van der Waals surface area contributed by atoms with Gasteiger partial charge in [0.05, 0.1) is 10.7 Å². The zero-order valence-electron chi connectivity index (χ0n) is 9.78. The van der Waals surface area contributed by atoms with Crippen molar-refractivity contribution in [3.05, 3.63) is 29.0 Å². The topological polar surface area (TPSA) is 69.6 Å². The second-order valence-corrected chi connectivity index (χ2v) is 4.09. The summed E-state index contributed by atoms with van der Waals surface area (Å²) in [5, 5.41) is 11.3. The molecule has 1 aromatic carbocycles. The van der Waals surface area contributed by atoms with Crippen LogP contribution in [0, 0.1) is 5.82 Å². The minimum atomic E-state index is -1.14. The molecular weight excluding hydrogens is 263 g/mol. The van der Waals surface area contributed by atoms with E-state index in [4.69, 9.17) is 16.7 Å². The van der Waals surface area contributed by atoms with Crippen molar-refractivity contribution in [2.24, 2.45) is 0 Å². The number of carboxylic acids is 1. The molecule has 18 heavy (non-hydrogen) atoms. The Kier molecular flexibility index (Phi) is 4.49. The number of nitrogens with one attached hydrogen (secondary N) is 1. The molecule has 0 saturated carbocycles. The molecule has 0 bridgehead atoms. The van der Waals surface area contributed by atoms with E-state index in [9.17, 15) is 14.0 Å². The Bertz CT molecular complexity index is 481. The molecule has 1 rings (SSSR count). The van der Waals surface area contributed by atoms with Gasteiger partial charge in [0.1, 0.15) is 11.9 Å². The predicted molar refractivity (Wildman–Crippen MR) is 65.3 cm³/mol. The van der Waals surface area contributed by atoms with Gasteiger partial charge in [-0.1, -0.05) is 11.6 Å². The van der Waals surface area contributed by atoms with Crippen molar-refractivity contribution in [2.45, 2.75) is 13.0 Å². The lowest BCUT2D eigenvalue weighted by Gasteiger charge is -2.22. The van der Waals surface area contributed by atoms with Crippen LogP contribution in [-0.4, -0.2) is 35.1 Å². The summed E-state index contributed by atoms with van der Waals surface area (Å²) in [6, 6.07) is 1.82. The highest BCUT2D eigenvalue weighted by Crippen LogP contribution is 2.22. The number of amides is 2. The number of carbonyl (C=O) groups excluding carboxylic acids is 1. The van der Waals surface area contributed by atoms with Crippen LogP contribution in [0.25, 0.3) is 0 Å². The Morgan fingerprint density at radius 3 is 2.67 bits per heavy atom. The molecule has 0 aliphatic carbocycles. The fraction of sp³-hybridized carbons (Fsp3) is 0.273. The molecule has 0 aliphatic heterocycles. The Balaban J connectivity index is 2.81. The van der Waals surface area contributed by atoms with Gasteiger partial charge >= 0.3 is 12.0 Å². The molecule has 1 unspecified atom stereocenters. The molecule has 0 spiro atoms. The van der Waals surface area contributed by atoms with E-state index in [0.717, 1.165) is 17.0 Å². The highest BCUT2D eigenvalue weighted by Gasteiger charge is 2.22. The van der Waals surface area contributed by atoms with Gasteiger partial charge < -0.3 is 15.3 Å². The largest absolute Gasteiger partial charge is 0.480 e. The second-order valence-electron chi connectivity index (χ2n) is 3.68. The number of aliphatic carboxylic acids is 1. The number of hydrogen-bond donors (Lipinski definition) is 2. The maximum absolute atomic E-state index is 13.0. The first-order valence-corrected chi connectivity index (χ1v) is 5.42. The van der Waals surface area contributed by atoms with Gasteiger partial charge in [0.15, 0.2) is 0 Å². The molecule has 1 atom stereocenters. The summed E-state index contributed by atoms with van der Waals surface area (Å²) in [4.78, 5) is 23.4. The van der Waals surface area contributed by atoms with Crippen LogP contribution in [0.5, 0.6) is 0 Å². The number of halogens is 2. The number of carbonyl (C=O) groups is 2. The molecule has 0 saturated heterocycles. The minimum absolute atomic E-state index is 0.0890. The number of anilines is 1. The lowest BCUT2D eigenvalue weighted by Crippen LogP contribution is -2.42. The van der Waals surface area contributed by atoms with Crippen LogP contribution in [0.2, 0.25) is 5.02 Å². The normalized spacial score (nSPS) is 11.8. The SMILES string of the molecule is CC(C(=O)O)N(C)C(=O)Nc1cc(F)ccc1Cl. The Hall–Kier alpha value is -1.82. The van der Waals surface area contributed by atoms with E-state index < -0.39 is 23.9 Å². The molecule has 0 fully saturated rings. The standard InChI is InChI=1S/C11H12ClFN2O3/c1-6(10(16)17)15(2)11(18)14-9-5-7(13)3-4-8(9)12/h3-6H,1-2H3,(H,14,18)(H,16,17). The number of hydrogen-bond acceptors (Lipinski definition) is 2. The van der Waals surface area contributed by atoms with E-state index in [2.05, 4.69) is 5.32 Å². The van der Waals surface area contributed by atoms with Crippen molar-refractivity contribution in [3.8, 4) is 0 Å². The molecular formula is C11H12ClFN2O3. The third-order valence-corrected chi connectivity index (χ3v) is 2.76. The molecule has 2 N–H and O–H groups in total. The van der Waals surface area contributed by atoms with Crippen LogP contribution in [0.3, 0.4) is 0 Å². The number of rotatable bonds is 3. The summed E-state index contributed by atoms with van der Waals surface area (Å²) in [6.07, 6.45) is 0. The first-order valence-electron chi connectivity index (χ1n) is 5.04. The maximum Gasteiger partial charge on any atom is 0.326 e. The molecule has 0 aromatic heterocycles. The van der Waals surface area contributed by atoms with Crippen molar-refractivity contribution in [1.82, 2.24) is 4.90 Å². The van der Waals surface area contributed by atoms with Gasteiger partial charge in [-0.25, -0.2) is 14.0 Å². The summed E-state index contributed by atoms with van der Waals surface area (Å²) in [7, 11) is 1.32. The molecule has 0 radical (unpaired) electrons. The number of nitrogens with zero attached hydrogens (tertiary/aromatic N) is 1. The van der Waals surface area contributed by atoms with Crippen molar-refractivity contribution in [2.75, 3.05) is 12.4 Å². The monoisotopic (exact) mass is 274 g/mol. The summed E-state index contributed by atoms with van der Waals surface area (Å²) in [6.45, 7) is 1.36. The van der Waals surface area contributed by atoms with E-state index >= 15 is 0 Å². The van der Waals surface area contributed by atoms with E-state index in [0.29, 0.717) is 0 Å². The van der Waals surface area contributed by atoms with E-state index in [1.807, 2.05) is 0 Å². The summed E-state index contributed by atoms with van der Waals surface area (Å²) in [5.74, 6) is -1.69. The van der Waals surface area contributed by atoms with Gasteiger partial charge in [0, 0.05) is 7.05 Å². The number of benzene rings is 1. The van der Waals surface area contributed by atoms with Crippen LogP contribution in [-0.2, 0) is 4.79 Å². The zero-order valence-corrected chi connectivity index (χ0v) is 10.5. The third-order valence-electron chi connectivity index (χ3n) is 2.43. The summed E-state index contributed by atoms with van der Waals surface area (Å²) in [5.41, 5.74) is 0.0890. The minimum Gasteiger partial charge on any atom is -0.480 e. The first-order chi connectivity index (χ1) is 8.32.